The van der Waals surface area contributed by atoms with Gasteiger partial charge in [-0.3, -0.25) is 14.4 Å². The molecule has 6 heteroatoms. The van der Waals surface area contributed by atoms with Crippen molar-refractivity contribution in [3.63, 3.8) is 0 Å². The first-order valence-corrected chi connectivity index (χ1v) is 26.7. The van der Waals surface area contributed by atoms with Gasteiger partial charge >= 0.3 is 17.9 Å². The van der Waals surface area contributed by atoms with E-state index in [1.807, 2.05) is 0 Å². The molecule has 0 radical (unpaired) electrons. The number of carbonyl (C=O) groups is 3. The van der Waals surface area contributed by atoms with E-state index in [2.05, 4.69) is 34.6 Å². The van der Waals surface area contributed by atoms with Gasteiger partial charge in [-0.25, -0.2) is 0 Å². The maximum atomic E-state index is 12.8. The second kappa shape index (κ2) is 46.9. The van der Waals surface area contributed by atoms with Crippen LogP contribution in [0.2, 0.25) is 0 Å². The highest BCUT2D eigenvalue weighted by Crippen LogP contribution is 2.17. The molecule has 0 aliphatic rings. The lowest BCUT2D eigenvalue weighted by atomic mass is 10.0. The summed E-state index contributed by atoms with van der Waals surface area (Å²) >= 11 is 0. The SMILES string of the molecule is CCCCCCCCCCCCCCCCCC(=O)OC[C@@H](COC(=O)CCCCCCCCCCCCCCC(C)C)OC(=O)CCCCCCCCCCCC(C)C. The summed E-state index contributed by atoms with van der Waals surface area (Å²) in [7, 11) is 0. The van der Waals surface area contributed by atoms with Crippen molar-refractivity contribution >= 4 is 17.9 Å². The van der Waals surface area contributed by atoms with Gasteiger partial charge in [-0.05, 0) is 31.1 Å². The summed E-state index contributed by atoms with van der Waals surface area (Å²) in [6.07, 6.45) is 48.0. The average molecular weight is 849 g/mol. The minimum Gasteiger partial charge on any atom is -0.462 e. The van der Waals surface area contributed by atoms with Crippen LogP contribution in [0, 0.1) is 11.8 Å². The van der Waals surface area contributed by atoms with Crippen molar-refractivity contribution in [1.82, 2.24) is 0 Å². The van der Waals surface area contributed by atoms with Gasteiger partial charge in [-0.2, -0.15) is 0 Å². The van der Waals surface area contributed by atoms with Crippen LogP contribution in [-0.4, -0.2) is 37.2 Å². The van der Waals surface area contributed by atoms with Crippen LogP contribution in [-0.2, 0) is 28.6 Å². The molecule has 60 heavy (non-hydrogen) atoms. The normalized spacial score (nSPS) is 12.1. The summed E-state index contributed by atoms with van der Waals surface area (Å²) in [5, 5.41) is 0. The molecule has 1 atom stereocenters. The molecular formula is C54H104O6. The maximum Gasteiger partial charge on any atom is 0.306 e. The van der Waals surface area contributed by atoms with Crippen LogP contribution in [0.1, 0.15) is 298 Å². The van der Waals surface area contributed by atoms with Crippen LogP contribution < -0.4 is 0 Å². The fraction of sp³-hybridized carbons (Fsp3) is 0.944. The zero-order valence-corrected chi connectivity index (χ0v) is 41.1. The number of hydrogen-bond donors (Lipinski definition) is 0. The number of rotatable bonds is 48. The predicted octanol–water partition coefficient (Wildman–Crippen LogP) is 17.3. The van der Waals surface area contributed by atoms with Gasteiger partial charge in [-0.1, -0.05) is 259 Å². The molecule has 0 aliphatic heterocycles. The molecule has 0 unspecified atom stereocenters. The van der Waals surface area contributed by atoms with Crippen LogP contribution in [0.3, 0.4) is 0 Å². The molecule has 356 valence electrons. The van der Waals surface area contributed by atoms with Crippen molar-refractivity contribution in [3.8, 4) is 0 Å². The van der Waals surface area contributed by atoms with Crippen LogP contribution in [0.5, 0.6) is 0 Å². The molecule has 0 saturated heterocycles. The molecule has 0 bridgehead atoms. The standard InChI is InChI=1S/C54H104O6/c1-6-7-8-9-10-11-12-13-14-15-19-24-29-34-39-44-52(55)58-47-51(60-54(57)46-41-36-31-26-21-23-28-33-38-43-50(4)5)48-59-53(56)45-40-35-30-25-20-17-16-18-22-27-32-37-42-49(2)3/h49-51H,6-48H2,1-5H3/t51-/m0/s1. The molecule has 0 fully saturated rings. The lowest BCUT2D eigenvalue weighted by molar-refractivity contribution is -0.167. The third-order valence-corrected chi connectivity index (χ3v) is 12.2. The summed E-state index contributed by atoms with van der Waals surface area (Å²) < 4.78 is 16.8. The Bertz CT molecular complexity index is 916. The van der Waals surface area contributed by atoms with E-state index < -0.39 is 6.10 Å². The molecule has 0 N–H and O–H groups in total. The van der Waals surface area contributed by atoms with Gasteiger partial charge in [0.25, 0.3) is 0 Å². The van der Waals surface area contributed by atoms with Crippen molar-refractivity contribution in [2.45, 2.75) is 304 Å². The summed E-state index contributed by atoms with van der Waals surface area (Å²) in [4.78, 5) is 38.0. The van der Waals surface area contributed by atoms with E-state index in [9.17, 15) is 14.4 Å². The molecule has 0 aromatic rings. The Hall–Kier alpha value is -1.59. The molecule has 6 nitrogen and oxygen atoms in total. The Labute approximate surface area is 374 Å². The van der Waals surface area contributed by atoms with Crippen molar-refractivity contribution in [3.05, 3.63) is 0 Å². The van der Waals surface area contributed by atoms with Crippen LogP contribution in [0.4, 0.5) is 0 Å². The van der Waals surface area contributed by atoms with E-state index in [1.54, 1.807) is 0 Å². The van der Waals surface area contributed by atoms with E-state index in [0.29, 0.717) is 19.3 Å². The lowest BCUT2D eigenvalue weighted by Crippen LogP contribution is -2.30. The minimum absolute atomic E-state index is 0.0636. The number of unbranched alkanes of at least 4 members (excludes halogenated alkanes) is 33. The minimum atomic E-state index is -0.762. The maximum absolute atomic E-state index is 12.8. The third kappa shape index (κ3) is 47.5. The van der Waals surface area contributed by atoms with Crippen LogP contribution in [0.25, 0.3) is 0 Å². The zero-order chi connectivity index (χ0) is 44.0. The number of esters is 3. The number of ether oxygens (including phenoxy) is 3. The quantitative estimate of drug-likeness (QED) is 0.0345. The molecule has 0 aliphatic carbocycles. The highest BCUT2D eigenvalue weighted by atomic mass is 16.6. The Morgan fingerprint density at radius 1 is 0.317 bits per heavy atom. The highest BCUT2D eigenvalue weighted by molar-refractivity contribution is 5.71. The molecule has 0 aromatic carbocycles. The van der Waals surface area contributed by atoms with Gasteiger partial charge in [0.1, 0.15) is 13.2 Å². The molecule has 0 amide bonds. The van der Waals surface area contributed by atoms with Gasteiger partial charge in [0.05, 0.1) is 0 Å². The summed E-state index contributed by atoms with van der Waals surface area (Å²) in [5.74, 6) is 0.793. The first-order chi connectivity index (χ1) is 29.2. The second-order valence-corrected chi connectivity index (χ2v) is 19.5. The van der Waals surface area contributed by atoms with E-state index >= 15 is 0 Å². The van der Waals surface area contributed by atoms with Gasteiger partial charge in [0, 0.05) is 19.3 Å². The smallest absolute Gasteiger partial charge is 0.306 e. The third-order valence-electron chi connectivity index (χ3n) is 12.2. The van der Waals surface area contributed by atoms with Crippen LogP contribution >= 0.6 is 0 Å². The van der Waals surface area contributed by atoms with Crippen molar-refractivity contribution in [1.29, 1.82) is 0 Å². The Kier molecular flexibility index (Phi) is 45.7. The average Bonchev–Trinajstić information content (AvgIpc) is 3.22. The van der Waals surface area contributed by atoms with Gasteiger partial charge in [0.2, 0.25) is 0 Å². The van der Waals surface area contributed by atoms with E-state index in [1.165, 1.54) is 186 Å². The van der Waals surface area contributed by atoms with E-state index in [-0.39, 0.29) is 31.1 Å². The molecule has 0 saturated carbocycles. The monoisotopic (exact) mass is 849 g/mol. The fourth-order valence-corrected chi connectivity index (χ4v) is 8.17. The summed E-state index contributed by atoms with van der Waals surface area (Å²) in [6.45, 7) is 11.4. The van der Waals surface area contributed by atoms with E-state index in [0.717, 1.165) is 69.6 Å². The Morgan fingerprint density at radius 2 is 0.550 bits per heavy atom. The number of carbonyl (C=O) groups excluding carboxylic acids is 3. The highest BCUT2D eigenvalue weighted by Gasteiger charge is 2.19. The molecular weight excluding hydrogens is 745 g/mol. The zero-order valence-electron chi connectivity index (χ0n) is 41.1. The molecule has 0 rings (SSSR count). The first-order valence-electron chi connectivity index (χ1n) is 26.7. The van der Waals surface area contributed by atoms with Crippen molar-refractivity contribution in [2.75, 3.05) is 13.2 Å². The number of hydrogen-bond acceptors (Lipinski definition) is 6. The van der Waals surface area contributed by atoms with Crippen molar-refractivity contribution in [2.24, 2.45) is 11.8 Å². The molecule has 0 heterocycles. The fourth-order valence-electron chi connectivity index (χ4n) is 8.17. The van der Waals surface area contributed by atoms with Gasteiger partial charge in [0.15, 0.2) is 6.10 Å². The topological polar surface area (TPSA) is 78.9 Å². The Morgan fingerprint density at radius 3 is 0.817 bits per heavy atom. The summed E-state index contributed by atoms with van der Waals surface area (Å²) in [6, 6.07) is 0. The van der Waals surface area contributed by atoms with Crippen molar-refractivity contribution < 1.29 is 28.6 Å². The first kappa shape index (κ1) is 58.4. The van der Waals surface area contributed by atoms with Gasteiger partial charge in [-0.15, -0.1) is 0 Å². The van der Waals surface area contributed by atoms with Crippen LogP contribution in [0.15, 0.2) is 0 Å². The molecule has 0 aromatic heterocycles. The van der Waals surface area contributed by atoms with E-state index in [4.69, 9.17) is 14.2 Å². The summed E-state index contributed by atoms with van der Waals surface area (Å²) in [5.41, 5.74) is 0. The van der Waals surface area contributed by atoms with Gasteiger partial charge < -0.3 is 14.2 Å². The Balaban J connectivity index is 4.30. The second-order valence-electron chi connectivity index (χ2n) is 19.5. The molecule has 0 spiro atoms. The lowest BCUT2D eigenvalue weighted by Gasteiger charge is -2.18. The largest absolute Gasteiger partial charge is 0.462 e. The predicted molar refractivity (Wildman–Crippen MR) is 256 cm³/mol.